The van der Waals surface area contributed by atoms with Crippen LogP contribution in [-0.2, 0) is 107 Å². The molecule has 2 fully saturated rings. The quantitative estimate of drug-likeness (QED) is 0.0328. The molecule has 16 amide bonds. The largest absolute Gasteiger partial charge is 0.481 e. The van der Waals surface area contributed by atoms with Crippen molar-refractivity contribution in [1.29, 1.82) is 0 Å². The molecular weight excluding hydrogens is 1850 g/mol. The molecular formula is C101H135N19O21S. The van der Waals surface area contributed by atoms with Crippen LogP contribution in [0.3, 0.4) is 0 Å². The summed E-state index contributed by atoms with van der Waals surface area (Å²) in [5.41, 5.74) is 21.6. The molecule has 0 radical (unpaired) electrons. The van der Waals surface area contributed by atoms with Gasteiger partial charge in [-0.2, -0.15) is 0 Å². The first-order valence-electron chi connectivity index (χ1n) is 47.8. The van der Waals surface area contributed by atoms with E-state index in [1.54, 1.807) is 115 Å². The number of hydrogen-bond donors (Lipinski definition) is 21. The Hall–Kier alpha value is -14.1. The van der Waals surface area contributed by atoms with Crippen molar-refractivity contribution < 1.29 is 102 Å². The van der Waals surface area contributed by atoms with Crippen LogP contribution in [0.15, 0.2) is 158 Å². The molecule has 0 spiro atoms. The fraction of sp³-hybridized carbons (Fsp3) is 0.475. The van der Waals surface area contributed by atoms with E-state index in [4.69, 9.17) is 17.2 Å². The second kappa shape index (κ2) is 56.4. The maximum absolute atomic E-state index is 15.6. The average Bonchev–Trinajstić information content (AvgIpc) is 0.828. The van der Waals surface area contributed by atoms with Crippen LogP contribution in [0.4, 0.5) is 0 Å². The Morgan fingerprint density at radius 3 is 1.42 bits per heavy atom. The maximum atomic E-state index is 15.6. The summed E-state index contributed by atoms with van der Waals surface area (Å²) in [6.45, 7) is 13.7. The second-order valence-electron chi connectivity index (χ2n) is 37.1. The second-order valence-corrected chi connectivity index (χ2v) is 38.1. The Labute approximate surface area is 829 Å². The first kappa shape index (κ1) is 113. The zero-order valence-electron chi connectivity index (χ0n) is 81.3. The fourth-order valence-electron chi connectivity index (χ4n) is 16.4. The molecule has 1 saturated heterocycles. The number of nitrogens with one attached hydrogen (secondary N) is 15. The molecule has 1 aromatic heterocycles. The van der Waals surface area contributed by atoms with Gasteiger partial charge in [0.2, 0.25) is 94.5 Å². The van der Waals surface area contributed by atoms with Crippen LogP contribution >= 0.6 is 11.8 Å². The minimum Gasteiger partial charge on any atom is -0.481 e. The number of aromatic nitrogens is 1. The molecule has 40 nitrogen and oxygen atoms in total. The average molecular weight is 1980 g/mol. The molecule has 1 aliphatic heterocycles. The number of rotatable bonds is 28. The zero-order chi connectivity index (χ0) is 104. The molecule has 5 aromatic carbocycles. The van der Waals surface area contributed by atoms with Crippen molar-refractivity contribution in [2.45, 2.75) is 255 Å². The number of thioether (sulfide) groups is 1. The Balaban J connectivity index is 1.23. The van der Waals surface area contributed by atoms with E-state index >= 15 is 43.2 Å². The maximum Gasteiger partial charge on any atom is 0.335 e. The van der Waals surface area contributed by atoms with Gasteiger partial charge in [0.05, 0.1) is 23.8 Å². The van der Waals surface area contributed by atoms with Crippen molar-refractivity contribution >= 4 is 118 Å². The van der Waals surface area contributed by atoms with Gasteiger partial charge in [-0.3, -0.25) is 86.5 Å². The number of benzene rings is 5. The van der Waals surface area contributed by atoms with E-state index in [0.717, 1.165) is 37.3 Å². The first-order chi connectivity index (χ1) is 67.6. The molecule has 16 atom stereocenters. The van der Waals surface area contributed by atoms with Crippen LogP contribution < -0.4 is 97.0 Å². The summed E-state index contributed by atoms with van der Waals surface area (Å²) >= 11 is 0.697. The van der Waals surface area contributed by atoms with Gasteiger partial charge in [-0.25, -0.2) is 4.79 Å². The number of nitrogens with zero attached hydrogens (tertiary/aromatic N) is 1. The van der Waals surface area contributed by atoms with Crippen LogP contribution in [0.2, 0.25) is 0 Å². The van der Waals surface area contributed by atoms with Crippen molar-refractivity contribution in [2.75, 3.05) is 24.6 Å². The number of nitrogens with two attached hydrogens (primary N) is 3. The van der Waals surface area contributed by atoms with Gasteiger partial charge in [0, 0.05) is 43.8 Å². The summed E-state index contributed by atoms with van der Waals surface area (Å²) in [6.07, 6.45) is 1.91. The van der Waals surface area contributed by atoms with Crippen LogP contribution in [0.1, 0.15) is 176 Å². The minimum absolute atomic E-state index is 0.00424. The SMILES string of the molecule is Cc1cccc(C[C@@H]2NC(=O)[C@H](CC(=O)O)NC(=O)[C@H](Cc3ccc(C(=O)O)cc3)NC(=O)[C@H](Cc3ccncc3)NC(=O)CSC[C@@H](C(=O)N[C@@H](C)C(N)=O)NC(=O)[C@H]([C@@H](C)O)NC(=O)[C@H](C(C)C)NC(=O)[C@H](CC3CCCCC3)NC(=O)[C@H](CCN)NC(=O)[C@@H](CC(C)C)NC(=O)[C@H](CCCN)NC(=O)[C@H](c3ccccc3)NC(=O)[C@H](Cc3ccc(-c4ccccc4)cc3)NC(=O)[C@H](C(C)C)NC2=O)c1. The number of aliphatic hydroxyl groups is 1. The van der Waals surface area contributed by atoms with Gasteiger partial charge in [0.1, 0.15) is 90.6 Å². The summed E-state index contributed by atoms with van der Waals surface area (Å²) in [4.78, 5) is 267. The zero-order valence-corrected chi connectivity index (χ0v) is 82.1. The van der Waals surface area contributed by atoms with E-state index in [9.17, 15) is 58.5 Å². The lowest BCUT2D eigenvalue weighted by Crippen LogP contribution is -2.63. The van der Waals surface area contributed by atoms with Gasteiger partial charge >= 0.3 is 11.9 Å². The predicted molar refractivity (Wildman–Crippen MR) is 528 cm³/mol. The number of hydrogen-bond acceptors (Lipinski definition) is 23. The normalized spacial score (nSPS) is 23.6. The number of aromatic carboxylic acids is 1. The van der Waals surface area contributed by atoms with E-state index in [2.05, 4.69) is 84.7 Å². The highest BCUT2D eigenvalue weighted by atomic mass is 32.2. The number of pyridine rings is 1. The van der Waals surface area contributed by atoms with Crippen molar-refractivity contribution in [3.63, 3.8) is 0 Å². The van der Waals surface area contributed by atoms with Crippen molar-refractivity contribution in [3.05, 3.63) is 197 Å². The van der Waals surface area contributed by atoms with Gasteiger partial charge in [0.15, 0.2) is 0 Å². The number of amides is 16. The van der Waals surface area contributed by atoms with Gasteiger partial charge in [-0.05, 0) is 153 Å². The van der Waals surface area contributed by atoms with Crippen LogP contribution in [0.25, 0.3) is 11.1 Å². The number of carboxylic acids is 2. The molecule has 6 aromatic rings. The number of carbonyl (C=O) groups excluding carboxylic acids is 16. The molecule has 2 aliphatic rings. The van der Waals surface area contributed by atoms with E-state index in [0.29, 0.717) is 46.9 Å². The number of primary amides is 1. The Kier molecular flexibility index (Phi) is 45.0. The minimum atomic E-state index is -2.10. The van der Waals surface area contributed by atoms with E-state index in [1.165, 1.54) is 67.8 Å². The number of aliphatic carboxylic acids is 1. The molecule has 0 bridgehead atoms. The Bertz CT molecular complexity index is 5330. The van der Waals surface area contributed by atoms with Crippen LogP contribution in [0.5, 0.6) is 0 Å². The topological polar surface area (TPSA) is 639 Å². The number of aliphatic hydroxyl groups excluding tert-OH is 1. The van der Waals surface area contributed by atoms with Crippen molar-refractivity contribution in [1.82, 2.24) is 84.7 Å². The standard InChI is InChI=1S/C101H135N19O21S/c1-55(2)45-72-89(128)108-71(38-42-103)88(127)111-75(47-61-22-13-10-14-23-61)93(132)118-83(57(5)6)98(137)119-84(60(9)121)99(138)116-79(96(135)106-59(8)86(104)125)53-142-54-80(122)107-73(50-64-39-43-105-44-40-64)90(129)112-74(48-63-32-36-69(37-33-63)101(140)141)91(130)114-78(52-81(123)124)92(131)113-77(51-65-24-19-21-58(7)46-65)94(133)117-82(56(3)4)97(136)115-76(49-62-30-34-67(35-31-62)66-25-15-11-16-26-66)95(134)120-85(68-27-17-12-18-28-68)100(139)109-70(29-20-41-102)87(126)110-72/h11-12,15-19,21,24-28,30-37,39-40,43-44,46,55-57,59-61,70-79,82-85,121H,10,13-14,20,22-23,29,38,41-42,45,47-54,102-103H2,1-9H3,(H2,104,125)(H,106,135)(H,107,122)(H,108,128)(H,109,139)(H,110,126)(H,111,127)(H,112,129)(H,113,131)(H,114,130)(H,115,136)(H,116,138)(H,117,133)(H,118,132)(H,119,137)(H,120,134)(H,123,124)(H,140,141)/t59-,60+,70-,71-,72+,73-,74-,75-,76-,77-,78-,79-,82-,83-,84-,85-/m0/s1. The van der Waals surface area contributed by atoms with Gasteiger partial charge in [-0.15, -0.1) is 11.8 Å². The lowest BCUT2D eigenvalue weighted by Gasteiger charge is -2.31. The number of carbonyl (C=O) groups is 18. The van der Waals surface area contributed by atoms with E-state index < -0.39 is 239 Å². The summed E-state index contributed by atoms with van der Waals surface area (Å²) in [6, 6.07) is 14.6. The van der Waals surface area contributed by atoms with Crippen molar-refractivity contribution in [3.8, 4) is 11.1 Å². The summed E-state index contributed by atoms with van der Waals surface area (Å²) in [5.74, 6) is -22.5. The highest BCUT2D eigenvalue weighted by Gasteiger charge is 2.42. The molecule has 1 saturated carbocycles. The molecule has 2 heterocycles. The lowest BCUT2D eigenvalue weighted by atomic mass is 9.84. The first-order valence-corrected chi connectivity index (χ1v) is 48.9. The van der Waals surface area contributed by atoms with Gasteiger partial charge in [0.25, 0.3) is 0 Å². The third-order valence-electron chi connectivity index (χ3n) is 24.3. The monoisotopic (exact) mass is 1980 g/mol. The highest BCUT2D eigenvalue weighted by molar-refractivity contribution is 8.00. The smallest absolute Gasteiger partial charge is 0.335 e. The third-order valence-corrected chi connectivity index (χ3v) is 25.3. The molecule has 24 N–H and O–H groups in total. The van der Waals surface area contributed by atoms with Gasteiger partial charge < -0.3 is 112 Å². The fourth-order valence-corrected chi connectivity index (χ4v) is 17.2. The molecule has 0 unspecified atom stereocenters. The summed E-state index contributed by atoms with van der Waals surface area (Å²) in [5, 5.41) is 71.4. The molecule has 766 valence electrons. The summed E-state index contributed by atoms with van der Waals surface area (Å²) in [7, 11) is 0. The molecule has 8 rings (SSSR count). The van der Waals surface area contributed by atoms with Crippen molar-refractivity contribution in [2.24, 2.45) is 40.9 Å². The van der Waals surface area contributed by atoms with Crippen LogP contribution in [-0.4, -0.2) is 242 Å². The van der Waals surface area contributed by atoms with Crippen LogP contribution in [0, 0.1) is 30.6 Å². The third kappa shape index (κ3) is 36.2. The molecule has 1 aliphatic carbocycles. The number of carboxylic acid groups (broad SMARTS) is 2. The molecule has 41 heteroatoms. The summed E-state index contributed by atoms with van der Waals surface area (Å²) < 4.78 is 0. The Morgan fingerprint density at radius 1 is 0.437 bits per heavy atom. The van der Waals surface area contributed by atoms with Gasteiger partial charge in [-0.1, -0.05) is 201 Å². The predicted octanol–water partition coefficient (Wildman–Crippen LogP) is 1.19. The lowest BCUT2D eigenvalue weighted by molar-refractivity contribution is -0.141. The Morgan fingerprint density at radius 2 is 0.880 bits per heavy atom. The number of aryl methyl sites for hydroxylation is 1. The molecule has 142 heavy (non-hydrogen) atoms. The van der Waals surface area contributed by atoms with E-state index in [-0.39, 0.29) is 93.0 Å². The van der Waals surface area contributed by atoms with E-state index in [1.807, 2.05) is 30.3 Å². The highest BCUT2D eigenvalue weighted by Crippen LogP contribution is 2.29.